The Hall–Kier alpha value is -1.24. The van der Waals surface area contributed by atoms with Gasteiger partial charge in [0.2, 0.25) is 9.76 Å². The summed E-state index contributed by atoms with van der Waals surface area (Å²) in [5.41, 5.74) is 0.634. The van der Waals surface area contributed by atoms with Crippen molar-refractivity contribution < 1.29 is 19.7 Å². The summed E-state index contributed by atoms with van der Waals surface area (Å²) in [6, 6.07) is 9.57. The molecule has 2 aromatic rings. The molecule has 4 nitrogen and oxygen atoms in total. The van der Waals surface area contributed by atoms with E-state index in [1.54, 1.807) is 24.3 Å². The SMILES string of the molecule is CC(C)(C)[Si]OC(C)(C)c1cc(Cl)ccc1O.OCc1cc(Cl)ccc1O. The molecule has 7 heteroatoms. The lowest BCUT2D eigenvalue weighted by atomic mass is 9.97. The first-order chi connectivity index (χ1) is 12.4. The number of phenols is 2. The fourth-order valence-corrected chi connectivity index (χ4v) is 3.04. The monoisotopic (exact) mass is 428 g/mol. The van der Waals surface area contributed by atoms with Gasteiger partial charge in [-0.3, -0.25) is 0 Å². The molecule has 0 unspecified atom stereocenters. The molecule has 2 radical (unpaired) electrons. The molecular weight excluding hydrogens is 403 g/mol. The highest BCUT2D eigenvalue weighted by atomic mass is 35.5. The van der Waals surface area contributed by atoms with Gasteiger partial charge >= 0.3 is 0 Å². The zero-order valence-electron chi connectivity index (χ0n) is 16.2. The molecule has 0 aromatic heterocycles. The van der Waals surface area contributed by atoms with Gasteiger partial charge in [0.05, 0.1) is 12.2 Å². The molecule has 0 heterocycles. The second-order valence-electron chi connectivity index (χ2n) is 7.56. The fraction of sp³-hybridized carbons (Fsp3) is 0.400. The molecule has 0 spiro atoms. The summed E-state index contributed by atoms with van der Waals surface area (Å²) in [6.45, 7) is 10.1. The van der Waals surface area contributed by atoms with Gasteiger partial charge in [-0.2, -0.15) is 0 Å². The molecule has 27 heavy (non-hydrogen) atoms. The Labute approximate surface area is 173 Å². The van der Waals surface area contributed by atoms with E-state index < -0.39 is 5.60 Å². The number of aromatic hydroxyl groups is 2. The third-order valence-electron chi connectivity index (χ3n) is 3.43. The molecule has 0 fully saturated rings. The number of aliphatic hydroxyl groups is 1. The molecule has 0 aliphatic rings. The molecule has 0 saturated heterocycles. The van der Waals surface area contributed by atoms with Crippen molar-refractivity contribution in [1.82, 2.24) is 0 Å². The minimum Gasteiger partial charge on any atom is -0.508 e. The van der Waals surface area contributed by atoms with Crippen LogP contribution in [-0.4, -0.2) is 25.1 Å². The van der Waals surface area contributed by atoms with Crippen LogP contribution in [0, 0.1) is 0 Å². The first-order valence-corrected chi connectivity index (χ1v) is 10.0. The summed E-state index contributed by atoms with van der Waals surface area (Å²) in [7, 11) is 0.357. The van der Waals surface area contributed by atoms with Crippen molar-refractivity contribution in [3.8, 4) is 11.5 Å². The molecule has 0 aliphatic carbocycles. The third-order valence-corrected chi connectivity index (χ3v) is 5.13. The number of benzene rings is 2. The number of hydrogen-bond donors (Lipinski definition) is 3. The quantitative estimate of drug-likeness (QED) is 0.548. The minimum absolute atomic E-state index is 0.0758. The Bertz CT molecular complexity index is 758. The predicted molar refractivity (Wildman–Crippen MR) is 112 cm³/mol. The molecule has 0 bridgehead atoms. The summed E-state index contributed by atoms with van der Waals surface area (Å²) in [6.07, 6.45) is 0. The number of phenolic OH excluding ortho intramolecular Hbond substituents is 1. The number of aliphatic hydroxyl groups excluding tert-OH is 1. The second kappa shape index (κ2) is 9.80. The van der Waals surface area contributed by atoms with Gasteiger partial charge in [-0.1, -0.05) is 44.0 Å². The van der Waals surface area contributed by atoms with Crippen LogP contribution in [0.2, 0.25) is 15.1 Å². The van der Waals surface area contributed by atoms with Gasteiger partial charge in [-0.05, 0) is 55.3 Å². The highest BCUT2D eigenvalue weighted by molar-refractivity contribution is 6.32. The molecule has 0 aliphatic heterocycles. The van der Waals surface area contributed by atoms with Gasteiger partial charge in [0.25, 0.3) is 0 Å². The van der Waals surface area contributed by atoms with E-state index in [0.29, 0.717) is 25.4 Å². The van der Waals surface area contributed by atoms with Gasteiger partial charge < -0.3 is 19.7 Å². The standard InChI is InChI=1S/C13H19ClO2Si.C7H7ClO2/c1-12(2,3)17-16-13(4,5)10-8-9(14)6-7-11(10)15;8-6-1-2-7(10)5(3-6)4-9/h6-8,15H,1-5H3;1-3,9-10H,4H2. The zero-order chi connectivity index (χ0) is 20.8. The Morgan fingerprint density at radius 2 is 1.41 bits per heavy atom. The molecule has 2 rings (SSSR count). The number of hydrogen-bond acceptors (Lipinski definition) is 4. The van der Waals surface area contributed by atoms with Crippen LogP contribution < -0.4 is 0 Å². The van der Waals surface area contributed by atoms with Crippen molar-refractivity contribution in [2.45, 2.75) is 51.9 Å². The molecule has 3 N–H and O–H groups in total. The minimum atomic E-state index is -0.541. The van der Waals surface area contributed by atoms with Crippen LogP contribution in [0.4, 0.5) is 0 Å². The van der Waals surface area contributed by atoms with E-state index in [4.69, 9.17) is 37.8 Å². The Morgan fingerprint density at radius 3 is 1.89 bits per heavy atom. The van der Waals surface area contributed by atoms with Crippen LogP contribution in [0.25, 0.3) is 0 Å². The van der Waals surface area contributed by atoms with E-state index >= 15 is 0 Å². The highest BCUT2D eigenvalue weighted by Crippen LogP contribution is 2.35. The Kier molecular flexibility index (Phi) is 8.64. The van der Waals surface area contributed by atoms with Gasteiger partial charge in [-0.15, -0.1) is 0 Å². The summed E-state index contributed by atoms with van der Waals surface area (Å²) in [4.78, 5) is 0. The van der Waals surface area contributed by atoms with Crippen LogP contribution in [0.15, 0.2) is 36.4 Å². The Balaban J connectivity index is 0.000000309. The Morgan fingerprint density at radius 1 is 0.889 bits per heavy atom. The average molecular weight is 429 g/mol. The van der Waals surface area contributed by atoms with Crippen LogP contribution in [-0.2, 0) is 16.6 Å². The van der Waals surface area contributed by atoms with E-state index in [9.17, 15) is 5.11 Å². The smallest absolute Gasteiger partial charge is 0.236 e. The summed E-state index contributed by atoms with van der Waals surface area (Å²) in [5, 5.41) is 28.7. The van der Waals surface area contributed by atoms with Crippen LogP contribution in [0.3, 0.4) is 0 Å². The lowest BCUT2D eigenvalue weighted by Gasteiger charge is -2.30. The van der Waals surface area contributed by atoms with Crippen molar-refractivity contribution in [1.29, 1.82) is 0 Å². The van der Waals surface area contributed by atoms with Crippen molar-refractivity contribution in [3.05, 3.63) is 57.6 Å². The third kappa shape index (κ3) is 8.11. The number of rotatable bonds is 4. The van der Waals surface area contributed by atoms with E-state index in [-0.39, 0.29) is 23.1 Å². The summed E-state index contributed by atoms with van der Waals surface area (Å²) >= 11 is 11.5. The van der Waals surface area contributed by atoms with Crippen molar-refractivity contribution in [2.75, 3.05) is 0 Å². The molecule has 0 atom stereocenters. The van der Waals surface area contributed by atoms with E-state index in [0.717, 1.165) is 5.56 Å². The van der Waals surface area contributed by atoms with Crippen LogP contribution >= 0.6 is 23.2 Å². The van der Waals surface area contributed by atoms with E-state index in [1.807, 2.05) is 13.8 Å². The fourth-order valence-electron chi connectivity index (χ4n) is 2.01. The molecule has 0 saturated carbocycles. The van der Waals surface area contributed by atoms with Crippen LogP contribution in [0.5, 0.6) is 11.5 Å². The number of halogens is 2. The molecular formula is C20H26Cl2O4Si. The van der Waals surface area contributed by atoms with Crippen molar-refractivity contribution >= 4 is 33.0 Å². The first-order valence-electron chi connectivity index (χ1n) is 8.38. The topological polar surface area (TPSA) is 69.9 Å². The van der Waals surface area contributed by atoms with Crippen LogP contribution in [0.1, 0.15) is 45.7 Å². The van der Waals surface area contributed by atoms with Gasteiger partial charge in [-0.25, -0.2) is 0 Å². The second-order valence-corrected chi connectivity index (χ2v) is 10.3. The average Bonchev–Trinajstić information content (AvgIpc) is 2.57. The predicted octanol–water partition coefficient (Wildman–Crippen LogP) is 5.67. The maximum absolute atomic E-state index is 9.86. The van der Waals surface area contributed by atoms with Crippen molar-refractivity contribution in [3.63, 3.8) is 0 Å². The zero-order valence-corrected chi connectivity index (χ0v) is 18.7. The van der Waals surface area contributed by atoms with E-state index in [1.165, 1.54) is 12.1 Å². The summed E-state index contributed by atoms with van der Waals surface area (Å²) in [5.74, 6) is 0.296. The summed E-state index contributed by atoms with van der Waals surface area (Å²) < 4.78 is 5.92. The van der Waals surface area contributed by atoms with Gasteiger partial charge in [0, 0.05) is 21.2 Å². The molecule has 0 amide bonds. The lowest BCUT2D eigenvalue weighted by Crippen LogP contribution is -2.27. The highest BCUT2D eigenvalue weighted by Gasteiger charge is 2.27. The maximum Gasteiger partial charge on any atom is 0.236 e. The first kappa shape index (κ1) is 23.8. The largest absolute Gasteiger partial charge is 0.508 e. The molecule has 2 aromatic carbocycles. The van der Waals surface area contributed by atoms with E-state index in [2.05, 4.69) is 20.8 Å². The maximum atomic E-state index is 9.86. The lowest BCUT2D eigenvalue weighted by molar-refractivity contribution is 0.106. The normalized spacial score (nSPS) is 11.7. The van der Waals surface area contributed by atoms with Crippen molar-refractivity contribution in [2.24, 2.45) is 0 Å². The van der Waals surface area contributed by atoms with Gasteiger partial charge in [0.1, 0.15) is 11.5 Å². The molecule has 148 valence electrons. The van der Waals surface area contributed by atoms with Gasteiger partial charge in [0.15, 0.2) is 0 Å².